The van der Waals surface area contributed by atoms with Crippen LogP contribution in [0.1, 0.15) is 27.6 Å². The van der Waals surface area contributed by atoms with Crippen LogP contribution in [0.3, 0.4) is 0 Å². The second kappa shape index (κ2) is 7.02. The second-order valence-corrected chi connectivity index (χ2v) is 4.46. The Hall–Kier alpha value is -1.92. The standard InChI is InChI=1S/C13H17F2N3O2/c14-12(15)20-11-6-10(4-5-16-11)8-18-13(19)17-7-9-2-1-3-9/h4-6,9,12H,1-3,7-8H2,(H2,17,18,19)/i7D2. The van der Waals surface area contributed by atoms with Crippen LogP contribution in [-0.2, 0) is 6.54 Å². The normalized spacial score (nSPS) is 16.9. The summed E-state index contributed by atoms with van der Waals surface area (Å²) in [4.78, 5) is 15.3. The Morgan fingerprint density at radius 2 is 2.35 bits per heavy atom. The molecular weight excluding hydrogens is 268 g/mol. The first-order valence-electron chi connectivity index (χ1n) is 7.32. The maximum absolute atomic E-state index is 12.1. The number of carbonyl (C=O) groups excluding carboxylic acids is 1. The molecule has 0 atom stereocenters. The summed E-state index contributed by atoms with van der Waals surface area (Å²) < 4.78 is 43.9. The van der Waals surface area contributed by atoms with E-state index in [-0.39, 0.29) is 18.3 Å². The SMILES string of the molecule is [2H]C([2H])(NC(=O)NCc1ccnc(OC(F)F)c1)C1CCC1. The van der Waals surface area contributed by atoms with Crippen LogP contribution in [0.4, 0.5) is 13.6 Å². The molecule has 5 nitrogen and oxygen atoms in total. The summed E-state index contributed by atoms with van der Waals surface area (Å²) in [5.74, 6) is -0.398. The van der Waals surface area contributed by atoms with Gasteiger partial charge in [0.05, 0.1) is 0 Å². The number of nitrogens with one attached hydrogen (secondary N) is 2. The molecule has 0 bridgehead atoms. The molecule has 0 aromatic carbocycles. The molecule has 2 amide bonds. The summed E-state index contributed by atoms with van der Waals surface area (Å²) in [6, 6.07) is 2.18. The summed E-state index contributed by atoms with van der Waals surface area (Å²) in [6.07, 6.45) is 3.77. The smallest absolute Gasteiger partial charge is 0.388 e. The van der Waals surface area contributed by atoms with E-state index in [9.17, 15) is 13.6 Å². The first-order chi connectivity index (χ1) is 10.4. The van der Waals surface area contributed by atoms with E-state index >= 15 is 0 Å². The Balaban J connectivity index is 1.83. The van der Waals surface area contributed by atoms with Crippen LogP contribution < -0.4 is 15.4 Å². The number of alkyl halides is 2. The van der Waals surface area contributed by atoms with Gasteiger partial charge in [0.1, 0.15) is 0 Å². The van der Waals surface area contributed by atoms with E-state index in [4.69, 9.17) is 2.74 Å². The summed E-state index contributed by atoms with van der Waals surface area (Å²) in [6.45, 7) is -4.66. The maximum atomic E-state index is 12.1. The van der Waals surface area contributed by atoms with Crippen LogP contribution in [0.5, 0.6) is 5.88 Å². The summed E-state index contributed by atoms with van der Waals surface area (Å²) in [5, 5.41) is 4.77. The van der Waals surface area contributed by atoms with E-state index in [0.717, 1.165) is 19.3 Å². The number of hydrogen-bond donors (Lipinski definition) is 2. The van der Waals surface area contributed by atoms with Gasteiger partial charge < -0.3 is 15.4 Å². The zero-order valence-corrected chi connectivity index (χ0v) is 10.7. The van der Waals surface area contributed by atoms with Crippen molar-refractivity contribution in [1.29, 1.82) is 0 Å². The van der Waals surface area contributed by atoms with Gasteiger partial charge in [0.2, 0.25) is 5.88 Å². The molecule has 0 aliphatic heterocycles. The molecule has 110 valence electrons. The molecule has 2 N–H and O–H groups in total. The molecule has 1 saturated carbocycles. The summed E-state index contributed by atoms with van der Waals surface area (Å²) in [5.41, 5.74) is 0.519. The molecular formula is C13H17F2N3O2. The molecule has 1 heterocycles. The molecule has 7 heteroatoms. The topological polar surface area (TPSA) is 63.2 Å². The van der Waals surface area contributed by atoms with Crippen molar-refractivity contribution in [2.24, 2.45) is 5.92 Å². The Labute approximate surface area is 118 Å². The van der Waals surface area contributed by atoms with Crippen molar-refractivity contribution >= 4 is 6.03 Å². The van der Waals surface area contributed by atoms with Crippen molar-refractivity contribution in [2.45, 2.75) is 32.4 Å². The number of urea groups is 1. The number of halogens is 2. The predicted molar refractivity (Wildman–Crippen MR) is 68.4 cm³/mol. The van der Waals surface area contributed by atoms with Crippen molar-refractivity contribution in [3.63, 3.8) is 0 Å². The lowest BCUT2D eigenvalue weighted by molar-refractivity contribution is -0.0528. The average Bonchev–Trinajstić information content (AvgIpc) is 2.32. The van der Waals surface area contributed by atoms with Crippen LogP contribution in [0, 0.1) is 5.92 Å². The van der Waals surface area contributed by atoms with E-state index in [0.29, 0.717) is 5.56 Å². The van der Waals surface area contributed by atoms with E-state index in [2.05, 4.69) is 20.4 Å². The summed E-state index contributed by atoms with van der Waals surface area (Å²) >= 11 is 0. The first kappa shape index (κ1) is 11.9. The van der Waals surface area contributed by atoms with E-state index in [1.165, 1.54) is 12.3 Å². The molecule has 0 unspecified atom stereocenters. The van der Waals surface area contributed by atoms with Crippen LogP contribution >= 0.6 is 0 Å². The molecule has 0 spiro atoms. The minimum absolute atomic E-state index is 0.0503. The number of pyridine rings is 1. The van der Waals surface area contributed by atoms with Gasteiger partial charge in [-0.15, -0.1) is 0 Å². The Bertz CT molecular complexity index is 528. The van der Waals surface area contributed by atoms with E-state index in [1.54, 1.807) is 6.07 Å². The second-order valence-electron chi connectivity index (χ2n) is 4.46. The van der Waals surface area contributed by atoms with Gasteiger partial charge in [-0.2, -0.15) is 8.78 Å². The third-order valence-electron chi connectivity index (χ3n) is 2.96. The average molecular weight is 287 g/mol. The lowest BCUT2D eigenvalue weighted by Gasteiger charge is -2.25. The molecule has 1 aliphatic rings. The fraction of sp³-hybridized carbons (Fsp3) is 0.538. The zero-order chi connectivity index (χ0) is 16.2. The molecule has 20 heavy (non-hydrogen) atoms. The largest absolute Gasteiger partial charge is 0.417 e. The van der Waals surface area contributed by atoms with Crippen LogP contribution in [0.25, 0.3) is 0 Å². The highest BCUT2D eigenvalue weighted by Crippen LogP contribution is 2.25. The van der Waals surface area contributed by atoms with Crippen molar-refractivity contribution in [3.05, 3.63) is 23.9 Å². The van der Waals surface area contributed by atoms with Crippen LogP contribution in [0.15, 0.2) is 18.3 Å². The molecule has 1 aliphatic carbocycles. The summed E-state index contributed by atoms with van der Waals surface area (Å²) in [7, 11) is 0. The lowest BCUT2D eigenvalue weighted by Crippen LogP contribution is -2.39. The Morgan fingerprint density at radius 1 is 1.55 bits per heavy atom. The van der Waals surface area contributed by atoms with Gasteiger partial charge in [-0.3, -0.25) is 0 Å². The maximum Gasteiger partial charge on any atom is 0.388 e. The highest BCUT2D eigenvalue weighted by Gasteiger charge is 2.17. The van der Waals surface area contributed by atoms with Gasteiger partial charge in [-0.25, -0.2) is 9.78 Å². The van der Waals surface area contributed by atoms with Gasteiger partial charge in [-0.1, -0.05) is 6.42 Å². The number of hydrogen-bond acceptors (Lipinski definition) is 3. The lowest BCUT2D eigenvalue weighted by atomic mass is 9.85. The third kappa shape index (κ3) is 4.64. The number of aromatic nitrogens is 1. The van der Waals surface area contributed by atoms with E-state index in [1.807, 2.05) is 0 Å². The van der Waals surface area contributed by atoms with Gasteiger partial charge >= 0.3 is 12.6 Å². The molecule has 0 saturated heterocycles. The fourth-order valence-electron chi connectivity index (χ4n) is 1.66. The number of carbonyl (C=O) groups is 1. The molecule has 1 aromatic rings. The van der Waals surface area contributed by atoms with Crippen LogP contribution in [0.2, 0.25) is 0 Å². The molecule has 2 rings (SSSR count). The van der Waals surface area contributed by atoms with Crippen molar-refractivity contribution in [2.75, 3.05) is 6.50 Å². The molecule has 0 radical (unpaired) electrons. The first-order valence-corrected chi connectivity index (χ1v) is 6.32. The van der Waals surface area contributed by atoms with Gasteiger partial charge in [-0.05, 0) is 30.4 Å². The number of ether oxygens (including phenoxy) is 1. The van der Waals surface area contributed by atoms with Crippen LogP contribution in [-0.4, -0.2) is 24.1 Å². The minimum Gasteiger partial charge on any atom is -0.417 e. The van der Waals surface area contributed by atoms with Crippen molar-refractivity contribution in [3.8, 4) is 5.88 Å². The fourth-order valence-corrected chi connectivity index (χ4v) is 1.66. The highest BCUT2D eigenvalue weighted by atomic mass is 19.3. The van der Waals surface area contributed by atoms with Crippen molar-refractivity contribution < 1.29 is 21.1 Å². The highest BCUT2D eigenvalue weighted by molar-refractivity contribution is 5.73. The van der Waals surface area contributed by atoms with Crippen molar-refractivity contribution in [1.82, 2.24) is 15.6 Å². The third-order valence-corrected chi connectivity index (χ3v) is 2.96. The predicted octanol–water partition coefficient (Wildman–Crippen LogP) is 2.28. The minimum atomic E-state index is -2.96. The quantitative estimate of drug-likeness (QED) is 0.843. The Kier molecular flexibility index (Phi) is 4.17. The zero-order valence-electron chi connectivity index (χ0n) is 12.7. The number of nitrogens with zero attached hydrogens (tertiary/aromatic N) is 1. The number of rotatable bonds is 6. The Morgan fingerprint density at radius 3 is 3.00 bits per heavy atom. The van der Waals surface area contributed by atoms with Gasteiger partial charge in [0.15, 0.2) is 0 Å². The van der Waals surface area contributed by atoms with Gasteiger partial charge in [0, 0.05) is 28.0 Å². The monoisotopic (exact) mass is 287 g/mol. The molecule has 1 aromatic heterocycles. The number of amides is 2. The molecule has 1 fully saturated rings. The van der Waals surface area contributed by atoms with E-state index < -0.39 is 19.1 Å². The van der Waals surface area contributed by atoms with Gasteiger partial charge in [0.25, 0.3) is 0 Å².